The molecule has 1 amide bonds. The monoisotopic (exact) mass is 305 g/mol. The van der Waals surface area contributed by atoms with Crippen molar-refractivity contribution in [3.05, 3.63) is 35.7 Å². The maximum absolute atomic E-state index is 11.5. The van der Waals surface area contributed by atoms with Crippen molar-refractivity contribution in [2.75, 3.05) is 12.3 Å². The molecule has 0 saturated heterocycles. The van der Waals surface area contributed by atoms with Crippen LogP contribution in [0, 0.1) is 6.92 Å². The molecule has 6 heteroatoms. The number of rotatable bonds is 7. The van der Waals surface area contributed by atoms with Crippen LogP contribution < -0.4 is 5.32 Å². The third kappa shape index (κ3) is 4.90. The predicted molar refractivity (Wildman–Crippen MR) is 83.9 cm³/mol. The van der Waals surface area contributed by atoms with Crippen molar-refractivity contribution in [1.82, 2.24) is 15.5 Å². The highest BCUT2D eigenvalue weighted by Gasteiger charge is 2.09. The second-order valence-corrected chi connectivity index (χ2v) is 5.71. The first-order chi connectivity index (χ1) is 10.2. The van der Waals surface area contributed by atoms with Crippen molar-refractivity contribution in [3.8, 4) is 11.5 Å². The quantitative estimate of drug-likeness (QED) is 0.852. The van der Waals surface area contributed by atoms with E-state index in [1.54, 1.807) is 0 Å². The average Bonchev–Trinajstić information content (AvgIpc) is 2.95. The number of carbonyl (C=O) groups excluding carboxylic acids is 1. The molecule has 0 aliphatic carbocycles. The highest BCUT2D eigenvalue weighted by Crippen LogP contribution is 2.19. The van der Waals surface area contributed by atoms with Crippen LogP contribution in [0.1, 0.15) is 24.7 Å². The third-order valence-corrected chi connectivity index (χ3v) is 3.73. The minimum absolute atomic E-state index is 0.0455. The van der Waals surface area contributed by atoms with E-state index in [0.717, 1.165) is 18.5 Å². The van der Waals surface area contributed by atoms with Gasteiger partial charge in [-0.15, -0.1) is 11.8 Å². The molecule has 1 heterocycles. The SMILES string of the molecule is CCCNC(=O)CSCc1noc(-c2ccc(C)cc2)n1. The lowest BCUT2D eigenvalue weighted by atomic mass is 10.1. The molecule has 112 valence electrons. The average molecular weight is 305 g/mol. The van der Waals surface area contributed by atoms with E-state index in [4.69, 9.17) is 4.52 Å². The Hall–Kier alpha value is -1.82. The molecule has 0 saturated carbocycles. The van der Waals surface area contributed by atoms with Gasteiger partial charge in [0.15, 0.2) is 5.82 Å². The zero-order valence-corrected chi connectivity index (χ0v) is 13.1. The second kappa shape index (κ2) is 7.83. The number of aryl methyl sites for hydroxylation is 1. The first kappa shape index (κ1) is 15.6. The van der Waals surface area contributed by atoms with Gasteiger partial charge in [-0.1, -0.05) is 29.8 Å². The van der Waals surface area contributed by atoms with Gasteiger partial charge in [-0.25, -0.2) is 0 Å². The molecule has 0 fully saturated rings. The number of hydrogen-bond acceptors (Lipinski definition) is 5. The number of thioether (sulfide) groups is 1. The van der Waals surface area contributed by atoms with Crippen LogP contribution in [-0.4, -0.2) is 28.3 Å². The molecule has 1 aromatic heterocycles. The van der Waals surface area contributed by atoms with Crippen molar-refractivity contribution >= 4 is 17.7 Å². The number of nitrogens with zero attached hydrogens (tertiary/aromatic N) is 2. The summed E-state index contributed by atoms with van der Waals surface area (Å²) in [5.74, 6) is 2.15. The number of aromatic nitrogens is 2. The smallest absolute Gasteiger partial charge is 0.257 e. The van der Waals surface area contributed by atoms with Crippen LogP contribution in [0.2, 0.25) is 0 Å². The van der Waals surface area contributed by atoms with Crippen LogP contribution in [0.3, 0.4) is 0 Å². The van der Waals surface area contributed by atoms with Gasteiger partial charge in [0.1, 0.15) is 0 Å². The molecule has 1 aromatic carbocycles. The van der Waals surface area contributed by atoms with Gasteiger partial charge in [-0.2, -0.15) is 4.98 Å². The van der Waals surface area contributed by atoms with Crippen LogP contribution in [0.4, 0.5) is 0 Å². The number of nitrogens with one attached hydrogen (secondary N) is 1. The molecule has 0 aliphatic rings. The standard InChI is InChI=1S/C15H19N3O2S/c1-3-8-16-14(19)10-21-9-13-17-15(20-18-13)12-6-4-11(2)5-7-12/h4-7H,3,8-10H2,1-2H3,(H,16,19). The Morgan fingerprint density at radius 2 is 2.10 bits per heavy atom. The Labute approximate surface area is 128 Å². The number of benzene rings is 1. The van der Waals surface area contributed by atoms with E-state index < -0.39 is 0 Å². The van der Waals surface area contributed by atoms with Gasteiger partial charge in [0, 0.05) is 12.1 Å². The maximum atomic E-state index is 11.5. The zero-order valence-electron chi connectivity index (χ0n) is 12.3. The van der Waals surface area contributed by atoms with Crippen LogP contribution >= 0.6 is 11.8 Å². The van der Waals surface area contributed by atoms with Gasteiger partial charge in [0.25, 0.3) is 5.89 Å². The van der Waals surface area contributed by atoms with Gasteiger partial charge >= 0.3 is 0 Å². The maximum Gasteiger partial charge on any atom is 0.257 e. The van der Waals surface area contributed by atoms with Crippen molar-refractivity contribution in [2.24, 2.45) is 0 Å². The van der Waals surface area contributed by atoms with Gasteiger partial charge in [0.2, 0.25) is 5.91 Å². The summed E-state index contributed by atoms with van der Waals surface area (Å²) in [7, 11) is 0. The minimum atomic E-state index is 0.0455. The molecule has 0 unspecified atom stereocenters. The first-order valence-electron chi connectivity index (χ1n) is 6.93. The van der Waals surface area contributed by atoms with Crippen molar-refractivity contribution in [2.45, 2.75) is 26.0 Å². The summed E-state index contributed by atoms with van der Waals surface area (Å²) >= 11 is 1.48. The molecule has 5 nitrogen and oxygen atoms in total. The lowest BCUT2D eigenvalue weighted by molar-refractivity contribution is -0.118. The fourth-order valence-electron chi connectivity index (χ4n) is 1.68. The second-order valence-electron chi connectivity index (χ2n) is 4.72. The number of hydrogen-bond donors (Lipinski definition) is 1. The Bertz CT molecular complexity index is 581. The summed E-state index contributed by atoms with van der Waals surface area (Å²) in [6.07, 6.45) is 0.946. The largest absolute Gasteiger partial charge is 0.355 e. The number of carbonyl (C=O) groups is 1. The lowest BCUT2D eigenvalue weighted by Gasteiger charge is -2.01. The molecule has 0 radical (unpaired) electrons. The molecule has 0 atom stereocenters. The summed E-state index contributed by atoms with van der Waals surface area (Å²) in [6.45, 7) is 4.78. The molecule has 2 aromatic rings. The Balaban J connectivity index is 1.83. The van der Waals surface area contributed by atoms with Crippen molar-refractivity contribution in [1.29, 1.82) is 0 Å². The molecule has 0 spiro atoms. The topological polar surface area (TPSA) is 68.0 Å². The van der Waals surface area contributed by atoms with Crippen molar-refractivity contribution in [3.63, 3.8) is 0 Å². The molecule has 1 N–H and O–H groups in total. The van der Waals surface area contributed by atoms with E-state index in [-0.39, 0.29) is 5.91 Å². The van der Waals surface area contributed by atoms with E-state index in [0.29, 0.717) is 23.2 Å². The van der Waals surface area contributed by atoms with Gasteiger partial charge < -0.3 is 9.84 Å². The van der Waals surface area contributed by atoms with E-state index in [9.17, 15) is 4.79 Å². The van der Waals surface area contributed by atoms with Gasteiger partial charge in [0.05, 0.1) is 11.5 Å². The Morgan fingerprint density at radius 3 is 2.81 bits per heavy atom. The van der Waals surface area contributed by atoms with Crippen LogP contribution in [0.15, 0.2) is 28.8 Å². The summed E-state index contributed by atoms with van der Waals surface area (Å²) < 4.78 is 5.24. The minimum Gasteiger partial charge on any atom is -0.355 e. The molecule has 21 heavy (non-hydrogen) atoms. The van der Waals surface area contributed by atoms with E-state index in [1.165, 1.54) is 17.3 Å². The normalized spacial score (nSPS) is 10.6. The Morgan fingerprint density at radius 1 is 1.33 bits per heavy atom. The van der Waals surface area contributed by atoms with E-state index in [1.807, 2.05) is 38.1 Å². The predicted octanol–water partition coefficient (Wildman–Crippen LogP) is 2.80. The molecular formula is C15H19N3O2S. The summed E-state index contributed by atoms with van der Waals surface area (Å²) in [6, 6.07) is 7.92. The zero-order chi connectivity index (χ0) is 15.1. The summed E-state index contributed by atoms with van der Waals surface area (Å²) in [5, 5.41) is 6.77. The van der Waals surface area contributed by atoms with E-state index >= 15 is 0 Å². The Kier molecular flexibility index (Phi) is 5.80. The summed E-state index contributed by atoms with van der Waals surface area (Å²) in [5.41, 5.74) is 2.09. The van der Waals surface area contributed by atoms with Crippen LogP contribution in [-0.2, 0) is 10.5 Å². The summed E-state index contributed by atoms with van der Waals surface area (Å²) in [4.78, 5) is 15.8. The van der Waals surface area contributed by atoms with Crippen molar-refractivity contribution < 1.29 is 9.32 Å². The van der Waals surface area contributed by atoms with Gasteiger partial charge in [-0.05, 0) is 25.5 Å². The highest BCUT2D eigenvalue weighted by molar-refractivity contribution is 7.99. The fourth-order valence-corrected chi connectivity index (χ4v) is 2.37. The fraction of sp³-hybridized carbons (Fsp3) is 0.400. The molecular weight excluding hydrogens is 286 g/mol. The number of amides is 1. The third-order valence-electron chi connectivity index (χ3n) is 2.80. The van der Waals surface area contributed by atoms with E-state index in [2.05, 4.69) is 15.5 Å². The van der Waals surface area contributed by atoms with Crippen LogP contribution in [0.25, 0.3) is 11.5 Å². The molecule has 0 bridgehead atoms. The molecule has 2 rings (SSSR count). The lowest BCUT2D eigenvalue weighted by Crippen LogP contribution is -2.25. The first-order valence-corrected chi connectivity index (χ1v) is 8.08. The molecule has 0 aliphatic heterocycles. The highest BCUT2D eigenvalue weighted by atomic mass is 32.2. The van der Waals surface area contributed by atoms with Crippen LogP contribution in [0.5, 0.6) is 0 Å². The van der Waals surface area contributed by atoms with Gasteiger partial charge in [-0.3, -0.25) is 4.79 Å².